The van der Waals surface area contributed by atoms with Crippen LogP contribution >= 0.6 is 0 Å². The van der Waals surface area contributed by atoms with Gasteiger partial charge in [0.1, 0.15) is 0 Å². The lowest BCUT2D eigenvalue weighted by Crippen LogP contribution is -2.37. The van der Waals surface area contributed by atoms with Crippen molar-refractivity contribution in [3.8, 4) is 6.07 Å². The third-order valence-electron chi connectivity index (χ3n) is 4.45. The van der Waals surface area contributed by atoms with Crippen LogP contribution in [0.5, 0.6) is 0 Å². The number of benzene rings is 1. The van der Waals surface area contributed by atoms with Crippen molar-refractivity contribution >= 4 is 0 Å². The van der Waals surface area contributed by atoms with Crippen LogP contribution in [-0.4, -0.2) is 25.1 Å². The summed E-state index contributed by atoms with van der Waals surface area (Å²) < 4.78 is 17.5. The van der Waals surface area contributed by atoms with E-state index in [1.54, 1.807) is 0 Å². The Morgan fingerprint density at radius 1 is 1.29 bits per heavy atom. The molecule has 1 saturated carbocycles. The summed E-state index contributed by atoms with van der Waals surface area (Å²) in [6.07, 6.45) is 4.08. The van der Waals surface area contributed by atoms with Crippen molar-refractivity contribution < 1.29 is 14.2 Å². The molecule has 0 atom stereocenters. The largest absolute Gasteiger partial charge is 0.374 e. The molecule has 1 spiro atoms. The third kappa shape index (κ3) is 3.26. The minimum atomic E-state index is -0.315. The van der Waals surface area contributed by atoms with E-state index in [4.69, 9.17) is 19.5 Å². The molecule has 2 fully saturated rings. The molecule has 1 aliphatic heterocycles. The summed E-state index contributed by atoms with van der Waals surface area (Å²) in [7, 11) is 0. The van der Waals surface area contributed by atoms with Gasteiger partial charge in [0.2, 0.25) is 0 Å². The van der Waals surface area contributed by atoms with E-state index in [1.165, 1.54) is 0 Å². The molecule has 3 rings (SSSR count). The number of aryl methyl sites for hydroxylation is 1. The molecule has 4 nitrogen and oxygen atoms in total. The Morgan fingerprint density at radius 2 is 2.00 bits per heavy atom. The first kappa shape index (κ1) is 14.5. The highest BCUT2D eigenvalue weighted by molar-refractivity contribution is 5.37. The number of hydrogen-bond donors (Lipinski definition) is 0. The highest BCUT2D eigenvalue weighted by Gasteiger charge is 2.40. The zero-order valence-corrected chi connectivity index (χ0v) is 12.4. The lowest BCUT2D eigenvalue weighted by atomic mass is 9.91. The van der Waals surface area contributed by atoms with Crippen molar-refractivity contribution in [1.29, 1.82) is 5.26 Å². The molecule has 1 aliphatic carbocycles. The van der Waals surface area contributed by atoms with Crippen molar-refractivity contribution in [2.24, 2.45) is 0 Å². The Kier molecular flexibility index (Phi) is 4.25. The van der Waals surface area contributed by atoms with Crippen molar-refractivity contribution in [2.75, 3.05) is 13.2 Å². The Hall–Kier alpha value is -1.41. The lowest BCUT2D eigenvalue weighted by molar-refractivity contribution is -0.192. The minimum Gasteiger partial charge on any atom is -0.374 e. The van der Waals surface area contributed by atoms with Gasteiger partial charge in [0, 0.05) is 12.8 Å². The maximum Gasteiger partial charge on any atom is 0.168 e. The predicted octanol–water partition coefficient (Wildman–Crippen LogP) is 3.07. The zero-order chi connectivity index (χ0) is 14.7. The van der Waals surface area contributed by atoms with Crippen molar-refractivity contribution in [3.05, 3.63) is 34.9 Å². The van der Waals surface area contributed by atoms with Gasteiger partial charge in [-0.05, 0) is 43.0 Å². The van der Waals surface area contributed by atoms with E-state index in [0.29, 0.717) is 12.2 Å². The Bertz CT molecular complexity index is 533. The molecular weight excluding hydrogens is 266 g/mol. The third-order valence-corrected chi connectivity index (χ3v) is 4.45. The molecule has 0 N–H and O–H groups in total. The second-order valence-corrected chi connectivity index (χ2v) is 5.87. The zero-order valence-electron chi connectivity index (χ0n) is 12.4. The van der Waals surface area contributed by atoms with E-state index in [0.717, 1.165) is 50.0 Å². The Morgan fingerprint density at radius 3 is 2.62 bits per heavy atom. The molecule has 4 heteroatoms. The lowest BCUT2D eigenvalue weighted by Gasteiger charge is -2.35. The second kappa shape index (κ2) is 6.15. The van der Waals surface area contributed by atoms with Crippen LogP contribution in [0, 0.1) is 18.3 Å². The fourth-order valence-corrected chi connectivity index (χ4v) is 3.12. The van der Waals surface area contributed by atoms with Gasteiger partial charge in [0.15, 0.2) is 5.79 Å². The van der Waals surface area contributed by atoms with E-state index in [2.05, 4.69) is 6.07 Å². The van der Waals surface area contributed by atoms with Gasteiger partial charge in [-0.25, -0.2) is 0 Å². The first-order valence-electron chi connectivity index (χ1n) is 7.60. The molecular formula is C17H21NO3. The molecule has 1 saturated heterocycles. The fourth-order valence-electron chi connectivity index (χ4n) is 3.12. The highest BCUT2D eigenvalue weighted by Crippen LogP contribution is 2.36. The molecule has 1 heterocycles. The summed E-state index contributed by atoms with van der Waals surface area (Å²) in [6, 6.07) is 7.91. The summed E-state index contributed by atoms with van der Waals surface area (Å²) in [5.41, 5.74) is 2.97. The quantitative estimate of drug-likeness (QED) is 0.857. The summed E-state index contributed by atoms with van der Waals surface area (Å²) in [6.45, 7) is 4.07. The molecule has 0 bridgehead atoms. The molecule has 1 aromatic rings. The average molecular weight is 287 g/mol. The van der Waals surface area contributed by atoms with E-state index < -0.39 is 0 Å². The number of hydrogen-bond acceptors (Lipinski definition) is 4. The standard InChI is InChI=1S/C17H21NO3/c1-13-10-14(11-18)2-3-15(13)12-19-16-4-6-17(7-5-16)20-8-9-21-17/h2-3,10,16H,4-9,12H2,1H3. The van der Waals surface area contributed by atoms with E-state index in [1.807, 2.05) is 25.1 Å². The maximum atomic E-state index is 8.88. The van der Waals surface area contributed by atoms with Crippen LogP contribution < -0.4 is 0 Å². The van der Waals surface area contributed by atoms with Crippen LogP contribution in [0.4, 0.5) is 0 Å². The minimum absolute atomic E-state index is 0.276. The summed E-state index contributed by atoms with van der Waals surface area (Å²) >= 11 is 0. The maximum absolute atomic E-state index is 8.88. The van der Waals surface area contributed by atoms with Crippen LogP contribution in [0.2, 0.25) is 0 Å². The van der Waals surface area contributed by atoms with Crippen LogP contribution in [0.25, 0.3) is 0 Å². The number of nitrogens with zero attached hydrogens (tertiary/aromatic N) is 1. The molecule has 0 amide bonds. The average Bonchev–Trinajstić information content (AvgIpc) is 2.96. The van der Waals surface area contributed by atoms with Crippen LogP contribution in [0.3, 0.4) is 0 Å². The van der Waals surface area contributed by atoms with Crippen molar-refractivity contribution in [2.45, 2.75) is 51.1 Å². The highest BCUT2D eigenvalue weighted by atomic mass is 16.7. The number of ether oxygens (including phenoxy) is 3. The molecule has 2 aliphatic rings. The first-order valence-corrected chi connectivity index (χ1v) is 7.60. The van der Waals surface area contributed by atoms with Gasteiger partial charge < -0.3 is 14.2 Å². The predicted molar refractivity (Wildman–Crippen MR) is 77.6 cm³/mol. The topological polar surface area (TPSA) is 51.5 Å². The fraction of sp³-hybridized carbons (Fsp3) is 0.588. The van der Waals surface area contributed by atoms with Gasteiger partial charge >= 0.3 is 0 Å². The molecule has 0 radical (unpaired) electrons. The van der Waals surface area contributed by atoms with Gasteiger partial charge in [0.25, 0.3) is 0 Å². The van der Waals surface area contributed by atoms with Crippen LogP contribution in [-0.2, 0) is 20.8 Å². The molecule has 0 aromatic heterocycles. The van der Waals surface area contributed by atoms with Crippen molar-refractivity contribution in [3.63, 3.8) is 0 Å². The summed E-state index contributed by atoms with van der Waals surface area (Å²) in [4.78, 5) is 0. The monoisotopic (exact) mass is 287 g/mol. The summed E-state index contributed by atoms with van der Waals surface area (Å²) in [5, 5.41) is 8.88. The van der Waals surface area contributed by atoms with Gasteiger partial charge in [0.05, 0.1) is 37.6 Å². The molecule has 21 heavy (non-hydrogen) atoms. The van der Waals surface area contributed by atoms with E-state index >= 15 is 0 Å². The second-order valence-electron chi connectivity index (χ2n) is 5.87. The van der Waals surface area contributed by atoms with Crippen LogP contribution in [0.15, 0.2) is 18.2 Å². The molecule has 0 unspecified atom stereocenters. The summed E-state index contributed by atoms with van der Waals surface area (Å²) in [5.74, 6) is -0.315. The smallest absolute Gasteiger partial charge is 0.168 e. The number of rotatable bonds is 3. The van der Waals surface area contributed by atoms with E-state index in [-0.39, 0.29) is 11.9 Å². The Balaban J connectivity index is 1.51. The van der Waals surface area contributed by atoms with Gasteiger partial charge in [-0.15, -0.1) is 0 Å². The number of nitriles is 1. The molecule has 1 aromatic carbocycles. The SMILES string of the molecule is Cc1cc(C#N)ccc1COC1CCC2(CC1)OCCO2. The van der Waals surface area contributed by atoms with Gasteiger partial charge in [-0.3, -0.25) is 0 Å². The van der Waals surface area contributed by atoms with Gasteiger partial charge in [-0.1, -0.05) is 6.07 Å². The van der Waals surface area contributed by atoms with E-state index in [9.17, 15) is 0 Å². The van der Waals surface area contributed by atoms with Gasteiger partial charge in [-0.2, -0.15) is 5.26 Å². The van der Waals surface area contributed by atoms with Crippen LogP contribution in [0.1, 0.15) is 42.4 Å². The first-order chi connectivity index (χ1) is 10.2. The Labute approximate surface area is 125 Å². The van der Waals surface area contributed by atoms with Crippen molar-refractivity contribution in [1.82, 2.24) is 0 Å². The molecule has 112 valence electrons. The normalized spacial score (nSPS) is 21.5.